The first-order valence-electron chi connectivity index (χ1n) is 5.71. The van der Waals surface area contributed by atoms with E-state index in [2.05, 4.69) is 0 Å². The minimum absolute atomic E-state index is 0.0234. The Bertz CT molecular complexity index is 485. The number of nitro groups is 1. The van der Waals surface area contributed by atoms with E-state index in [1.807, 2.05) is 4.90 Å². The predicted octanol–water partition coefficient (Wildman–Crippen LogP) is 1.82. The van der Waals surface area contributed by atoms with Crippen LogP contribution in [0.3, 0.4) is 0 Å². The van der Waals surface area contributed by atoms with E-state index in [4.69, 9.17) is 0 Å². The molecule has 1 fully saturated rings. The van der Waals surface area contributed by atoms with E-state index in [1.165, 1.54) is 13.0 Å². The number of Topliss-reactive ketones (excluding diaryl/α,β-unsaturated/α-hetero) is 1. The molecule has 1 aromatic heterocycles. The quantitative estimate of drug-likeness (QED) is 0.512. The Morgan fingerprint density at radius 2 is 2.44 bits per heavy atom. The first-order chi connectivity index (χ1) is 8.54. The van der Waals surface area contributed by atoms with E-state index >= 15 is 0 Å². The summed E-state index contributed by atoms with van der Waals surface area (Å²) in [6.45, 7) is 2.06. The fourth-order valence-electron chi connectivity index (χ4n) is 2.17. The summed E-state index contributed by atoms with van der Waals surface area (Å²) in [6.07, 6.45) is 1.72. The highest BCUT2D eigenvalue weighted by Gasteiger charge is 2.32. The van der Waals surface area contributed by atoms with Gasteiger partial charge in [0.25, 0.3) is 0 Å². The number of hydrogen-bond acceptors (Lipinski definition) is 6. The molecular weight excluding hydrogens is 256 g/mol. The van der Waals surface area contributed by atoms with E-state index in [0.717, 1.165) is 24.2 Å². The van der Waals surface area contributed by atoms with Gasteiger partial charge in [-0.25, -0.2) is 0 Å². The molecule has 1 saturated heterocycles. The number of nitrogens with zero attached hydrogens (tertiary/aromatic N) is 2. The molecule has 1 aromatic rings. The van der Waals surface area contributed by atoms with Gasteiger partial charge in [-0.1, -0.05) is 0 Å². The lowest BCUT2D eigenvalue weighted by atomic mass is 10.2. The first-order valence-corrected chi connectivity index (χ1v) is 6.53. The summed E-state index contributed by atoms with van der Waals surface area (Å²) in [5.41, 5.74) is -0.0365. The van der Waals surface area contributed by atoms with Crippen LogP contribution in [0.5, 0.6) is 0 Å². The average Bonchev–Trinajstić information content (AvgIpc) is 2.94. The van der Waals surface area contributed by atoms with Gasteiger partial charge >= 0.3 is 5.69 Å². The molecule has 18 heavy (non-hydrogen) atoms. The molecule has 1 atom stereocenters. The number of carbonyl (C=O) groups is 1. The van der Waals surface area contributed by atoms with Crippen LogP contribution in [0, 0.1) is 10.1 Å². The monoisotopic (exact) mass is 270 g/mol. The van der Waals surface area contributed by atoms with Gasteiger partial charge in [0.05, 0.1) is 22.4 Å². The fourth-order valence-corrected chi connectivity index (χ4v) is 3.29. The topological polar surface area (TPSA) is 83.7 Å². The van der Waals surface area contributed by atoms with Crippen LogP contribution in [0.2, 0.25) is 0 Å². The van der Waals surface area contributed by atoms with Gasteiger partial charge in [-0.15, -0.1) is 11.3 Å². The molecule has 1 aliphatic heterocycles. The number of aliphatic hydroxyl groups excluding tert-OH is 1. The highest BCUT2D eigenvalue weighted by Crippen LogP contribution is 2.41. The van der Waals surface area contributed by atoms with Crippen molar-refractivity contribution >= 4 is 27.8 Å². The molecule has 7 heteroatoms. The van der Waals surface area contributed by atoms with Crippen molar-refractivity contribution in [3.63, 3.8) is 0 Å². The molecular formula is C11H14N2O4S. The minimum Gasteiger partial charge on any atom is -0.394 e. The van der Waals surface area contributed by atoms with Crippen LogP contribution >= 0.6 is 11.3 Å². The molecule has 0 aliphatic carbocycles. The van der Waals surface area contributed by atoms with Crippen LogP contribution < -0.4 is 4.90 Å². The third kappa shape index (κ3) is 2.23. The Morgan fingerprint density at radius 3 is 3.00 bits per heavy atom. The van der Waals surface area contributed by atoms with E-state index in [9.17, 15) is 20.0 Å². The van der Waals surface area contributed by atoms with Crippen molar-refractivity contribution in [1.82, 2.24) is 0 Å². The third-order valence-corrected chi connectivity index (χ3v) is 4.35. The number of ketones is 1. The molecule has 0 amide bonds. The number of rotatable bonds is 4. The van der Waals surface area contributed by atoms with Gasteiger partial charge < -0.3 is 10.0 Å². The zero-order chi connectivity index (χ0) is 13.3. The maximum absolute atomic E-state index is 11.3. The molecule has 98 valence electrons. The van der Waals surface area contributed by atoms with Crippen LogP contribution in [-0.4, -0.2) is 35.0 Å². The molecule has 1 N–H and O–H groups in total. The predicted molar refractivity (Wildman–Crippen MR) is 68.4 cm³/mol. The van der Waals surface area contributed by atoms with Crippen LogP contribution in [-0.2, 0) is 0 Å². The highest BCUT2D eigenvalue weighted by atomic mass is 32.1. The van der Waals surface area contributed by atoms with E-state index in [-0.39, 0.29) is 24.1 Å². The van der Waals surface area contributed by atoms with Crippen molar-refractivity contribution in [2.45, 2.75) is 25.8 Å². The number of hydrogen-bond donors (Lipinski definition) is 1. The third-order valence-electron chi connectivity index (χ3n) is 3.09. The summed E-state index contributed by atoms with van der Waals surface area (Å²) in [5, 5.41) is 20.8. The maximum Gasteiger partial charge on any atom is 0.304 e. The normalized spacial score (nSPS) is 19.2. The highest BCUT2D eigenvalue weighted by molar-refractivity contribution is 7.18. The molecule has 1 unspecified atom stereocenters. The zero-order valence-electron chi connectivity index (χ0n) is 9.96. The second-order valence-corrected chi connectivity index (χ2v) is 5.32. The summed E-state index contributed by atoms with van der Waals surface area (Å²) in [5.74, 6) is -0.172. The van der Waals surface area contributed by atoms with Gasteiger partial charge in [0, 0.05) is 12.6 Å². The largest absolute Gasteiger partial charge is 0.394 e. The molecule has 0 saturated carbocycles. The van der Waals surface area contributed by atoms with Crippen molar-refractivity contribution in [3.8, 4) is 0 Å². The summed E-state index contributed by atoms with van der Waals surface area (Å²) in [6, 6.07) is 1.25. The van der Waals surface area contributed by atoms with Gasteiger partial charge in [0.15, 0.2) is 10.8 Å². The van der Waals surface area contributed by atoms with E-state index in [0.29, 0.717) is 16.4 Å². The van der Waals surface area contributed by atoms with E-state index < -0.39 is 4.92 Å². The Balaban J connectivity index is 2.42. The molecule has 0 aromatic carbocycles. The Morgan fingerprint density at radius 1 is 1.72 bits per heavy atom. The van der Waals surface area contributed by atoms with Crippen LogP contribution in [0.25, 0.3) is 0 Å². The standard InChI is InChI=1S/C11H14N2O4S/c1-7(15)10-5-9(13(16)17)11(18-10)12-4-2-3-8(12)6-14/h5,8,14H,2-4,6H2,1H3. The van der Waals surface area contributed by atoms with Gasteiger partial charge in [0.2, 0.25) is 0 Å². The Labute approximate surface area is 108 Å². The zero-order valence-corrected chi connectivity index (χ0v) is 10.8. The second kappa shape index (κ2) is 5.03. The van der Waals surface area contributed by atoms with Crippen LogP contribution in [0.1, 0.15) is 29.4 Å². The lowest BCUT2D eigenvalue weighted by Gasteiger charge is -2.22. The summed E-state index contributed by atoms with van der Waals surface area (Å²) < 4.78 is 0. The van der Waals surface area contributed by atoms with Gasteiger partial charge in [0.1, 0.15) is 0 Å². The number of aliphatic hydroxyl groups is 1. The summed E-state index contributed by atoms with van der Waals surface area (Å²) in [7, 11) is 0. The lowest BCUT2D eigenvalue weighted by molar-refractivity contribution is -0.383. The Hall–Kier alpha value is -1.47. The van der Waals surface area contributed by atoms with Crippen LogP contribution in [0.4, 0.5) is 10.7 Å². The molecule has 6 nitrogen and oxygen atoms in total. The fraction of sp³-hybridized carbons (Fsp3) is 0.545. The smallest absolute Gasteiger partial charge is 0.304 e. The van der Waals surface area contributed by atoms with Crippen molar-refractivity contribution in [2.75, 3.05) is 18.1 Å². The molecule has 0 bridgehead atoms. The van der Waals surface area contributed by atoms with Gasteiger partial charge in [-0.3, -0.25) is 14.9 Å². The van der Waals surface area contributed by atoms with Crippen LogP contribution in [0.15, 0.2) is 6.07 Å². The SMILES string of the molecule is CC(=O)c1cc([N+](=O)[O-])c(N2CCCC2CO)s1. The molecule has 2 heterocycles. The van der Waals surface area contributed by atoms with E-state index in [1.54, 1.807) is 0 Å². The number of carbonyl (C=O) groups excluding carboxylic acids is 1. The van der Waals surface area contributed by atoms with Crippen molar-refractivity contribution in [2.24, 2.45) is 0 Å². The van der Waals surface area contributed by atoms with Crippen molar-refractivity contribution in [3.05, 3.63) is 21.1 Å². The summed E-state index contributed by atoms with van der Waals surface area (Å²) in [4.78, 5) is 24.1. The van der Waals surface area contributed by atoms with Crippen molar-refractivity contribution in [1.29, 1.82) is 0 Å². The minimum atomic E-state index is -0.467. The van der Waals surface area contributed by atoms with Gasteiger partial charge in [-0.2, -0.15) is 0 Å². The number of anilines is 1. The second-order valence-electron chi connectivity index (χ2n) is 4.29. The molecule has 1 aliphatic rings. The lowest BCUT2D eigenvalue weighted by Crippen LogP contribution is -2.31. The number of thiophene rings is 1. The Kier molecular flexibility index (Phi) is 3.63. The summed E-state index contributed by atoms with van der Waals surface area (Å²) >= 11 is 1.14. The average molecular weight is 270 g/mol. The molecule has 0 radical (unpaired) electrons. The first kappa shape index (κ1) is 13.0. The maximum atomic E-state index is 11.3. The molecule has 0 spiro atoms. The van der Waals surface area contributed by atoms with Gasteiger partial charge in [-0.05, 0) is 19.8 Å². The molecule has 2 rings (SSSR count). The van der Waals surface area contributed by atoms with Crippen molar-refractivity contribution < 1.29 is 14.8 Å².